The molecule has 1 aromatic carbocycles. The average Bonchev–Trinajstić information content (AvgIpc) is 2.61. The summed E-state index contributed by atoms with van der Waals surface area (Å²) in [6.07, 6.45) is 3.41. The Labute approximate surface area is 143 Å². The Morgan fingerprint density at radius 3 is 2.71 bits per heavy atom. The van der Waals surface area contributed by atoms with Crippen LogP contribution in [-0.2, 0) is 16.0 Å². The molecule has 2 fully saturated rings. The molecule has 0 aromatic heterocycles. The molecule has 0 saturated carbocycles. The first kappa shape index (κ1) is 16.6. The summed E-state index contributed by atoms with van der Waals surface area (Å²) in [6.45, 7) is 3.99. The highest BCUT2D eigenvalue weighted by atomic mass is 16.2. The number of piperidine rings is 2. The Morgan fingerprint density at radius 1 is 1.17 bits per heavy atom. The first-order valence-electron chi connectivity index (χ1n) is 8.74. The van der Waals surface area contributed by atoms with Gasteiger partial charge in [0.25, 0.3) is 5.91 Å². The van der Waals surface area contributed by atoms with Crippen molar-refractivity contribution in [1.82, 2.24) is 9.80 Å². The zero-order valence-corrected chi connectivity index (χ0v) is 14.2. The van der Waals surface area contributed by atoms with Crippen molar-refractivity contribution in [2.45, 2.75) is 38.6 Å². The molecular weight excluding hydrogens is 300 g/mol. The summed E-state index contributed by atoms with van der Waals surface area (Å²) >= 11 is 0. The van der Waals surface area contributed by atoms with Crippen molar-refractivity contribution in [3.8, 4) is 11.8 Å². The molecule has 2 heterocycles. The molecule has 1 aromatic rings. The SMILES string of the molecule is CC#CC(=O)N1CCC[C@@H]2CN(C(=O)Cc3ccccc3)CC[C@@H]21. The van der Waals surface area contributed by atoms with E-state index in [9.17, 15) is 9.59 Å². The lowest BCUT2D eigenvalue weighted by Crippen LogP contribution is -2.56. The number of hydrogen-bond acceptors (Lipinski definition) is 2. The van der Waals surface area contributed by atoms with Gasteiger partial charge in [-0.15, -0.1) is 0 Å². The Bertz CT molecular complexity index is 659. The topological polar surface area (TPSA) is 40.6 Å². The van der Waals surface area contributed by atoms with Crippen molar-refractivity contribution < 1.29 is 9.59 Å². The Kier molecular flexibility index (Phi) is 5.20. The van der Waals surface area contributed by atoms with E-state index in [0.717, 1.165) is 44.5 Å². The van der Waals surface area contributed by atoms with Crippen molar-refractivity contribution in [2.24, 2.45) is 5.92 Å². The number of carbonyl (C=O) groups is 2. The fourth-order valence-electron chi connectivity index (χ4n) is 3.94. The number of hydrogen-bond donors (Lipinski definition) is 0. The number of carbonyl (C=O) groups excluding carboxylic acids is 2. The molecule has 24 heavy (non-hydrogen) atoms. The van der Waals surface area contributed by atoms with E-state index in [1.807, 2.05) is 40.1 Å². The number of nitrogens with zero attached hydrogens (tertiary/aromatic N) is 2. The molecule has 2 amide bonds. The van der Waals surface area contributed by atoms with Crippen LogP contribution in [-0.4, -0.2) is 47.3 Å². The maximum Gasteiger partial charge on any atom is 0.298 e. The van der Waals surface area contributed by atoms with Crippen LogP contribution >= 0.6 is 0 Å². The maximum absolute atomic E-state index is 12.6. The first-order chi connectivity index (χ1) is 11.7. The Balaban J connectivity index is 1.63. The molecule has 2 saturated heterocycles. The lowest BCUT2D eigenvalue weighted by Gasteiger charge is -2.46. The van der Waals surface area contributed by atoms with E-state index in [2.05, 4.69) is 11.8 Å². The van der Waals surface area contributed by atoms with E-state index in [1.54, 1.807) is 6.92 Å². The molecule has 0 spiro atoms. The predicted octanol–water partition coefficient (Wildman–Crippen LogP) is 2.09. The molecule has 2 aliphatic heterocycles. The maximum atomic E-state index is 12.6. The highest BCUT2D eigenvalue weighted by molar-refractivity contribution is 5.93. The van der Waals surface area contributed by atoms with E-state index < -0.39 is 0 Å². The van der Waals surface area contributed by atoms with E-state index in [1.165, 1.54) is 0 Å². The predicted molar refractivity (Wildman–Crippen MR) is 93.0 cm³/mol. The van der Waals surface area contributed by atoms with E-state index in [0.29, 0.717) is 12.3 Å². The number of rotatable bonds is 2. The van der Waals surface area contributed by atoms with Crippen LogP contribution < -0.4 is 0 Å². The van der Waals surface area contributed by atoms with Gasteiger partial charge in [-0.2, -0.15) is 0 Å². The average molecular weight is 324 g/mol. The first-order valence-corrected chi connectivity index (χ1v) is 8.74. The van der Waals surface area contributed by atoms with Crippen LogP contribution in [0.25, 0.3) is 0 Å². The second-order valence-electron chi connectivity index (χ2n) is 6.63. The van der Waals surface area contributed by atoms with Crippen molar-refractivity contribution in [2.75, 3.05) is 19.6 Å². The molecule has 4 heteroatoms. The van der Waals surface area contributed by atoms with Crippen LogP contribution in [0.3, 0.4) is 0 Å². The molecule has 2 aliphatic rings. The number of amides is 2. The second-order valence-corrected chi connectivity index (χ2v) is 6.63. The number of fused-ring (bicyclic) bond motifs is 1. The lowest BCUT2D eigenvalue weighted by molar-refractivity contribution is -0.137. The molecule has 2 atom stereocenters. The van der Waals surface area contributed by atoms with Crippen molar-refractivity contribution in [3.63, 3.8) is 0 Å². The summed E-state index contributed by atoms with van der Waals surface area (Å²) in [5, 5.41) is 0. The molecule has 3 rings (SSSR count). The van der Waals surface area contributed by atoms with Crippen LogP contribution in [0.4, 0.5) is 0 Å². The fraction of sp³-hybridized carbons (Fsp3) is 0.500. The fourth-order valence-corrected chi connectivity index (χ4v) is 3.94. The van der Waals surface area contributed by atoms with Crippen LogP contribution in [0.1, 0.15) is 31.7 Å². The summed E-state index contributed by atoms with van der Waals surface area (Å²) in [4.78, 5) is 28.7. The minimum Gasteiger partial charge on any atom is -0.342 e. The Morgan fingerprint density at radius 2 is 1.96 bits per heavy atom. The molecule has 0 N–H and O–H groups in total. The van der Waals surface area contributed by atoms with Gasteiger partial charge in [-0.1, -0.05) is 36.3 Å². The molecule has 0 bridgehead atoms. The molecule has 0 aliphatic carbocycles. The quantitative estimate of drug-likeness (QED) is 0.782. The molecule has 0 unspecified atom stereocenters. The highest BCUT2D eigenvalue weighted by Gasteiger charge is 2.38. The van der Waals surface area contributed by atoms with E-state index >= 15 is 0 Å². The molecule has 0 radical (unpaired) electrons. The molecular formula is C20H24N2O2. The van der Waals surface area contributed by atoms with Crippen molar-refractivity contribution in [1.29, 1.82) is 0 Å². The number of benzene rings is 1. The zero-order valence-electron chi connectivity index (χ0n) is 14.2. The number of likely N-dealkylation sites (tertiary alicyclic amines) is 2. The summed E-state index contributed by atoms with van der Waals surface area (Å²) < 4.78 is 0. The van der Waals surface area contributed by atoms with Crippen molar-refractivity contribution in [3.05, 3.63) is 35.9 Å². The van der Waals surface area contributed by atoms with Gasteiger partial charge >= 0.3 is 0 Å². The monoisotopic (exact) mass is 324 g/mol. The van der Waals surface area contributed by atoms with E-state index in [-0.39, 0.29) is 17.9 Å². The smallest absolute Gasteiger partial charge is 0.298 e. The van der Waals surface area contributed by atoms with Gasteiger partial charge in [0.05, 0.1) is 6.42 Å². The molecule has 126 valence electrons. The van der Waals surface area contributed by atoms with E-state index in [4.69, 9.17) is 0 Å². The third kappa shape index (κ3) is 3.62. The van der Waals surface area contributed by atoms with Crippen molar-refractivity contribution >= 4 is 11.8 Å². The van der Waals surface area contributed by atoms with Crippen LogP contribution in [0.2, 0.25) is 0 Å². The van der Waals surface area contributed by atoms with Gasteiger partial charge in [-0.25, -0.2) is 0 Å². The summed E-state index contributed by atoms with van der Waals surface area (Å²) in [5.74, 6) is 5.90. The summed E-state index contributed by atoms with van der Waals surface area (Å²) in [5.41, 5.74) is 1.06. The van der Waals surface area contributed by atoms with Gasteiger partial charge in [0.15, 0.2) is 0 Å². The van der Waals surface area contributed by atoms with Gasteiger partial charge in [-0.3, -0.25) is 9.59 Å². The molecule has 4 nitrogen and oxygen atoms in total. The van der Waals surface area contributed by atoms with Gasteiger partial charge in [0, 0.05) is 25.7 Å². The Hall–Kier alpha value is -2.28. The minimum absolute atomic E-state index is 0.0590. The standard InChI is InChI=1S/C20H24N2O2/c1-2-7-19(23)22-12-6-10-17-15-21(13-11-18(17)22)20(24)14-16-8-4-3-5-9-16/h3-5,8-9,17-18H,6,10-15H2,1H3/t17-,18+/m1/s1. The van der Waals surface area contributed by atoms with Crippen LogP contribution in [0.15, 0.2) is 30.3 Å². The van der Waals surface area contributed by atoms with Gasteiger partial charge in [-0.05, 0) is 43.6 Å². The van der Waals surface area contributed by atoms with Gasteiger partial charge in [0.1, 0.15) is 0 Å². The lowest BCUT2D eigenvalue weighted by atomic mass is 9.83. The van der Waals surface area contributed by atoms with Crippen LogP contribution in [0.5, 0.6) is 0 Å². The summed E-state index contributed by atoms with van der Waals surface area (Å²) in [6, 6.07) is 10.1. The zero-order chi connectivity index (χ0) is 16.9. The third-order valence-electron chi connectivity index (χ3n) is 5.11. The summed E-state index contributed by atoms with van der Waals surface area (Å²) in [7, 11) is 0. The largest absolute Gasteiger partial charge is 0.342 e. The normalized spacial score (nSPS) is 23.0. The second kappa shape index (κ2) is 7.53. The van der Waals surface area contributed by atoms with Gasteiger partial charge < -0.3 is 9.80 Å². The third-order valence-corrected chi connectivity index (χ3v) is 5.11. The highest BCUT2D eigenvalue weighted by Crippen LogP contribution is 2.30. The minimum atomic E-state index is -0.0590. The van der Waals surface area contributed by atoms with Gasteiger partial charge in [0.2, 0.25) is 5.91 Å². The van der Waals surface area contributed by atoms with Crippen LogP contribution in [0, 0.1) is 17.8 Å².